The van der Waals surface area contributed by atoms with E-state index in [1.165, 1.54) is 6.92 Å². The summed E-state index contributed by atoms with van der Waals surface area (Å²) < 4.78 is 10.6. The number of fused-ring (bicyclic) bond motifs is 1. The van der Waals surface area contributed by atoms with Crippen molar-refractivity contribution < 1.29 is 23.9 Å². The van der Waals surface area contributed by atoms with E-state index in [1.807, 2.05) is 60.7 Å². The number of nitrogens with zero attached hydrogens (tertiary/aromatic N) is 1. The third-order valence-corrected chi connectivity index (χ3v) is 5.38. The number of hydrogen-bond donors (Lipinski definition) is 2. The lowest BCUT2D eigenvalue weighted by atomic mass is 10.0. The number of para-hydroxylation sites is 1. The lowest BCUT2D eigenvalue weighted by molar-refractivity contribution is -0.170. The Bertz CT molecular complexity index is 1150. The molecule has 33 heavy (non-hydrogen) atoms. The second-order valence-electron chi connectivity index (χ2n) is 7.86. The van der Waals surface area contributed by atoms with Gasteiger partial charge in [-0.3, -0.25) is 14.4 Å². The Kier molecular flexibility index (Phi) is 6.95. The van der Waals surface area contributed by atoms with Gasteiger partial charge in [0.05, 0.1) is 18.2 Å². The number of amides is 2. The molecule has 0 saturated carbocycles. The van der Waals surface area contributed by atoms with Crippen LogP contribution in [0.1, 0.15) is 29.4 Å². The van der Waals surface area contributed by atoms with Crippen LogP contribution in [0, 0.1) is 0 Å². The minimum absolute atomic E-state index is 0.224. The minimum atomic E-state index is -0.855. The molecule has 8 nitrogen and oxygen atoms in total. The van der Waals surface area contributed by atoms with Crippen LogP contribution in [0.25, 0.3) is 10.9 Å². The topological polar surface area (TPSA) is 107 Å². The van der Waals surface area contributed by atoms with Gasteiger partial charge in [-0.2, -0.15) is 0 Å². The van der Waals surface area contributed by atoms with E-state index in [2.05, 4.69) is 15.6 Å². The molecule has 4 rings (SSSR count). The first kappa shape index (κ1) is 22.4. The Hall–Kier alpha value is -3.78. The molecule has 0 spiro atoms. The molecule has 2 aromatic carbocycles. The molecule has 1 fully saturated rings. The van der Waals surface area contributed by atoms with Crippen LogP contribution < -0.4 is 10.6 Å². The summed E-state index contributed by atoms with van der Waals surface area (Å²) in [6.07, 6.45) is -0.0543. The molecule has 8 heteroatoms. The molecule has 0 unspecified atom stereocenters. The molecule has 2 N–H and O–H groups in total. The van der Waals surface area contributed by atoms with E-state index in [0.717, 1.165) is 10.9 Å². The lowest BCUT2D eigenvalue weighted by Crippen LogP contribution is -2.52. The average molecular weight is 447 g/mol. The quantitative estimate of drug-likeness (QED) is 0.539. The number of hydrogen-bond acceptors (Lipinski definition) is 6. The standard InChI is InChI=1S/C25H25N3O5/c1-16(29)33-25-21(13-14-32-25)27-24(31)22(15-17-7-3-2-4-8-17)28-23(30)20-12-11-18-9-5-6-10-19(18)26-20/h2-12,21-22,25H,13-15H2,1H3,(H,27,31)(H,28,30)/t21-,22-,25-/m0/s1. The third kappa shape index (κ3) is 5.72. The molecule has 1 saturated heterocycles. The molecular formula is C25H25N3O5. The number of carbonyl (C=O) groups is 3. The molecule has 3 aromatic rings. The summed E-state index contributed by atoms with van der Waals surface area (Å²) in [7, 11) is 0. The summed E-state index contributed by atoms with van der Waals surface area (Å²) in [5.41, 5.74) is 1.81. The predicted molar refractivity (Wildman–Crippen MR) is 121 cm³/mol. The van der Waals surface area contributed by atoms with Crippen LogP contribution in [0.4, 0.5) is 0 Å². The maximum absolute atomic E-state index is 13.2. The summed E-state index contributed by atoms with van der Waals surface area (Å²) in [4.78, 5) is 41.9. The van der Waals surface area contributed by atoms with E-state index >= 15 is 0 Å². The molecule has 3 atom stereocenters. The number of benzene rings is 2. The Morgan fingerprint density at radius 1 is 1.06 bits per heavy atom. The van der Waals surface area contributed by atoms with E-state index in [1.54, 1.807) is 6.07 Å². The maximum Gasteiger partial charge on any atom is 0.305 e. The SMILES string of the molecule is CC(=O)O[C@@H]1OCC[C@@H]1NC(=O)[C@H](Cc1ccccc1)NC(=O)c1ccc2ccccc2n1. The monoisotopic (exact) mass is 447 g/mol. The molecule has 1 aliphatic heterocycles. The lowest BCUT2D eigenvalue weighted by Gasteiger charge is -2.23. The highest BCUT2D eigenvalue weighted by molar-refractivity contribution is 5.98. The molecular weight excluding hydrogens is 422 g/mol. The van der Waals surface area contributed by atoms with Crippen LogP contribution in [-0.4, -0.2) is 47.7 Å². The highest BCUT2D eigenvalue weighted by Crippen LogP contribution is 2.16. The fourth-order valence-electron chi connectivity index (χ4n) is 3.75. The van der Waals surface area contributed by atoms with Gasteiger partial charge in [0.2, 0.25) is 12.2 Å². The Balaban J connectivity index is 1.51. The van der Waals surface area contributed by atoms with Gasteiger partial charge in [-0.25, -0.2) is 4.98 Å². The molecule has 170 valence electrons. The van der Waals surface area contributed by atoms with Crippen LogP contribution in [-0.2, 0) is 25.5 Å². The van der Waals surface area contributed by atoms with Crippen LogP contribution in [0.2, 0.25) is 0 Å². The predicted octanol–water partition coefficient (Wildman–Crippen LogP) is 2.37. The number of esters is 1. The van der Waals surface area contributed by atoms with Crippen molar-refractivity contribution in [1.82, 2.24) is 15.6 Å². The summed E-state index contributed by atoms with van der Waals surface area (Å²) in [5, 5.41) is 6.60. The zero-order chi connectivity index (χ0) is 23.2. The van der Waals surface area contributed by atoms with Gasteiger partial charge < -0.3 is 20.1 Å². The van der Waals surface area contributed by atoms with Gasteiger partial charge in [0.15, 0.2) is 0 Å². The number of nitrogens with one attached hydrogen (secondary N) is 2. The van der Waals surface area contributed by atoms with Crippen LogP contribution in [0.5, 0.6) is 0 Å². The molecule has 2 amide bonds. The van der Waals surface area contributed by atoms with Gasteiger partial charge in [0, 0.05) is 18.7 Å². The smallest absolute Gasteiger partial charge is 0.305 e. The Morgan fingerprint density at radius 2 is 1.82 bits per heavy atom. The van der Waals surface area contributed by atoms with E-state index in [9.17, 15) is 14.4 Å². The first-order valence-corrected chi connectivity index (χ1v) is 10.8. The second kappa shape index (κ2) is 10.2. The van der Waals surface area contributed by atoms with E-state index in [-0.39, 0.29) is 18.0 Å². The number of aromatic nitrogens is 1. The molecule has 1 aliphatic rings. The Labute approximate surface area is 191 Å². The molecule has 2 heterocycles. The highest BCUT2D eigenvalue weighted by Gasteiger charge is 2.34. The first-order valence-electron chi connectivity index (χ1n) is 10.8. The zero-order valence-electron chi connectivity index (χ0n) is 18.2. The van der Waals surface area contributed by atoms with Crippen molar-refractivity contribution in [2.45, 2.75) is 38.1 Å². The fraction of sp³-hybridized carbons (Fsp3) is 0.280. The van der Waals surface area contributed by atoms with Gasteiger partial charge >= 0.3 is 5.97 Å². The second-order valence-corrected chi connectivity index (χ2v) is 7.86. The minimum Gasteiger partial charge on any atom is -0.434 e. The fourth-order valence-corrected chi connectivity index (χ4v) is 3.75. The van der Waals surface area contributed by atoms with Crippen molar-refractivity contribution in [3.8, 4) is 0 Å². The van der Waals surface area contributed by atoms with Crippen molar-refractivity contribution >= 4 is 28.7 Å². The number of carbonyl (C=O) groups excluding carboxylic acids is 3. The van der Waals surface area contributed by atoms with Crippen LogP contribution >= 0.6 is 0 Å². The summed E-state index contributed by atoms with van der Waals surface area (Å²) in [5.74, 6) is -1.32. The molecule has 0 aliphatic carbocycles. The largest absolute Gasteiger partial charge is 0.434 e. The molecule has 1 aromatic heterocycles. The van der Waals surface area contributed by atoms with E-state index in [0.29, 0.717) is 18.5 Å². The van der Waals surface area contributed by atoms with Crippen molar-refractivity contribution in [3.63, 3.8) is 0 Å². The van der Waals surface area contributed by atoms with Crippen molar-refractivity contribution in [1.29, 1.82) is 0 Å². The van der Waals surface area contributed by atoms with Gasteiger partial charge in [0.25, 0.3) is 5.91 Å². The zero-order valence-corrected chi connectivity index (χ0v) is 18.2. The summed E-state index contributed by atoms with van der Waals surface area (Å²) in [6.45, 7) is 1.65. The number of ether oxygens (including phenoxy) is 2. The van der Waals surface area contributed by atoms with Gasteiger partial charge in [-0.05, 0) is 24.1 Å². The van der Waals surface area contributed by atoms with E-state index < -0.39 is 30.3 Å². The van der Waals surface area contributed by atoms with Crippen LogP contribution in [0.3, 0.4) is 0 Å². The van der Waals surface area contributed by atoms with Gasteiger partial charge in [-0.1, -0.05) is 54.6 Å². The van der Waals surface area contributed by atoms with Crippen molar-refractivity contribution in [2.75, 3.05) is 6.61 Å². The van der Waals surface area contributed by atoms with E-state index in [4.69, 9.17) is 9.47 Å². The van der Waals surface area contributed by atoms with Crippen LogP contribution in [0.15, 0.2) is 66.7 Å². The first-order chi connectivity index (χ1) is 16.0. The molecule has 0 bridgehead atoms. The van der Waals surface area contributed by atoms with Gasteiger partial charge in [0.1, 0.15) is 11.7 Å². The number of pyridine rings is 1. The normalized spacial score (nSPS) is 18.5. The highest BCUT2D eigenvalue weighted by atomic mass is 16.7. The summed E-state index contributed by atoms with van der Waals surface area (Å²) in [6, 6.07) is 19.0. The maximum atomic E-state index is 13.2. The number of rotatable bonds is 7. The molecule has 0 radical (unpaired) electrons. The average Bonchev–Trinajstić information content (AvgIpc) is 3.24. The van der Waals surface area contributed by atoms with Gasteiger partial charge in [-0.15, -0.1) is 0 Å². The third-order valence-electron chi connectivity index (χ3n) is 5.38. The van der Waals surface area contributed by atoms with Crippen molar-refractivity contribution in [3.05, 3.63) is 78.0 Å². The Morgan fingerprint density at radius 3 is 2.61 bits per heavy atom. The summed E-state index contributed by atoms with van der Waals surface area (Å²) >= 11 is 0. The van der Waals surface area contributed by atoms with Crippen molar-refractivity contribution in [2.24, 2.45) is 0 Å².